The maximum Gasteiger partial charge on any atom is 0.113 e. The van der Waals surface area contributed by atoms with Crippen LogP contribution in [0.15, 0.2) is 30.5 Å². The maximum atomic E-state index is 6.04. The fraction of sp³-hybridized carbons (Fsp3) is 0.182. The van der Waals surface area contributed by atoms with E-state index in [0.717, 1.165) is 26.5 Å². The van der Waals surface area contributed by atoms with Crippen molar-refractivity contribution in [2.24, 2.45) is 0 Å². The van der Waals surface area contributed by atoms with E-state index in [4.69, 9.17) is 23.2 Å². The van der Waals surface area contributed by atoms with Crippen LogP contribution >= 0.6 is 34.5 Å². The number of hydrogen-bond acceptors (Lipinski definition) is 3. The highest BCUT2D eigenvalue weighted by molar-refractivity contribution is 7.15. The molecule has 84 valence electrons. The Hall–Kier alpha value is -0.610. The molecule has 0 fully saturated rings. The summed E-state index contributed by atoms with van der Waals surface area (Å²) in [7, 11) is 0. The number of nitrogens with zero attached hydrogens (tertiary/aromatic N) is 1. The van der Waals surface area contributed by atoms with Gasteiger partial charge in [-0.15, -0.1) is 11.3 Å². The molecule has 1 heterocycles. The molecule has 0 atom stereocenters. The lowest BCUT2D eigenvalue weighted by Crippen LogP contribution is -2.12. The average Bonchev–Trinajstić information content (AvgIpc) is 2.67. The van der Waals surface area contributed by atoms with Crippen LogP contribution in [0.5, 0.6) is 0 Å². The molecule has 0 saturated carbocycles. The molecule has 1 aromatic carbocycles. The van der Waals surface area contributed by atoms with Gasteiger partial charge in [-0.1, -0.05) is 41.4 Å². The van der Waals surface area contributed by atoms with Crippen LogP contribution in [0.4, 0.5) is 0 Å². The van der Waals surface area contributed by atoms with Gasteiger partial charge in [0.25, 0.3) is 0 Å². The van der Waals surface area contributed by atoms with Gasteiger partial charge in [0.1, 0.15) is 9.34 Å². The minimum absolute atomic E-state index is 0.711. The molecule has 2 rings (SSSR count). The molecule has 1 N–H and O–H groups in total. The predicted octanol–water partition coefficient (Wildman–Crippen LogP) is 3.74. The molecule has 0 bridgehead atoms. The zero-order valence-electron chi connectivity index (χ0n) is 8.41. The van der Waals surface area contributed by atoms with Crippen molar-refractivity contribution in [1.29, 1.82) is 0 Å². The van der Waals surface area contributed by atoms with E-state index in [1.165, 1.54) is 11.3 Å². The van der Waals surface area contributed by atoms with Gasteiger partial charge in [-0.3, -0.25) is 0 Å². The third kappa shape index (κ3) is 3.19. The molecule has 16 heavy (non-hydrogen) atoms. The van der Waals surface area contributed by atoms with E-state index >= 15 is 0 Å². The van der Waals surface area contributed by atoms with Crippen LogP contribution in [0.3, 0.4) is 0 Å². The second-order valence-electron chi connectivity index (χ2n) is 3.25. The Morgan fingerprint density at radius 1 is 1.19 bits per heavy atom. The lowest BCUT2D eigenvalue weighted by atomic mass is 10.2. The molecule has 0 aliphatic rings. The largest absolute Gasteiger partial charge is 0.306 e. The van der Waals surface area contributed by atoms with Crippen molar-refractivity contribution in [3.63, 3.8) is 0 Å². The van der Waals surface area contributed by atoms with Crippen molar-refractivity contribution in [3.05, 3.63) is 50.4 Å². The number of thiazole rings is 1. The van der Waals surface area contributed by atoms with Crippen molar-refractivity contribution in [2.45, 2.75) is 13.1 Å². The number of aromatic nitrogens is 1. The third-order valence-corrected chi connectivity index (χ3v) is 3.56. The lowest BCUT2D eigenvalue weighted by molar-refractivity contribution is 0.690. The molecule has 1 aromatic heterocycles. The quantitative estimate of drug-likeness (QED) is 0.917. The lowest BCUT2D eigenvalue weighted by Gasteiger charge is -2.04. The molecule has 5 heteroatoms. The Morgan fingerprint density at radius 3 is 2.69 bits per heavy atom. The second kappa shape index (κ2) is 5.64. The highest BCUT2D eigenvalue weighted by atomic mass is 35.5. The smallest absolute Gasteiger partial charge is 0.113 e. The first-order valence-electron chi connectivity index (χ1n) is 4.80. The van der Waals surface area contributed by atoms with Gasteiger partial charge in [0.2, 0.25) is 0 Å². The summed E-state index contributed by atoms with van der Waals surface area (Å²) >= 11 is 13.3. The predicted molar refractivity (Wildman–Crippen MR) is 69.1 cm³/mol. The zero-order valence-corrected chi connectivity index (χ0v) is 10.7. The Kier molecular flexibility index (Phi) is 4.18. The Morgan fingerprint density at radius 2 is 2.00 bits per heavy atom. The van der Waals surface area contributed by atoms with Crippen molar-refractivity contribution in [1.82, 2.24) is 10.3 Å². The molecule has 2 nitrogen and oxygen atoms in total. The summed E-state index contributed by atoms with van der Waals surface area (Å²) < 4.78 is 0.717. The topological polar surface area (TPSA) is 24.9 Å². The molecule has 0 aliphatic carbocycles. The highest BCUT2D eigenvalue weighted by Gasteiger charge is 2.01. The summed E-state index contributed by atoms with van der Waals surface area (Å²) in [5, 5.41) is 5.04. The first kappa shape index (κ1) is 11.9. The summed E-state index contributed by atoms with van der Waals surface area (Å²) in [5.41, 5.74) is 1.09. The Labute approximate surface area is 108 Å². The van der Waals surface area contributed by atoms with Crippen LogP contribution in [0.25, 0.3) is 0 Å². The van der Waals surface area contributed by atoms with E-state index in [9.17, 15) is 0 Å². The van der Waals surface area contributed by atoms with Crippen molar-refractivity contribution < 1.29 is 0 Å². The monoisotopic (exact) mass is 272 g/mol. The summed E-state index contributed by atoms with van der Waals surface area (Å²) in [5.74, 6) is 0. The molecular weight excluding hydrogens is 263 g/mol. The van der Waals surface area contributed by atoms with Crippen LogP contribution in [0, 0.1) is 0 Å². The van der Waals surface area contributed by atoms with E-state index < -0.39 is 0 Å². The van der Waals surface area contributed by atoms with E-state index in [-0.39, 0.29) is 0 Å². The van der Waals surface area contributed by atoms with Crippen molar-refractivity contribution in [2.75, 3.05) is 0 Å². The van der Waals surface area contributed by atoms with Crippen LogP contribution in [-0.4, -0.2) is 4.98 Å². The second-order valence-corrected chi connectivity index (χ2v) is 5.41. The van der Waals surface area contributed by atoms with Crippen LogP contribution in [0.2, 0.25) is 9.36 Å². The van der Waals surface area contributed by atoms with Crippen LogP contribution in [-0.2, 0) is 13.1 Å². The number of benzene rings is 1. The average molecular weight is 273 g/mol. The van der Waals surface area contributed by atoms with Gasteiger partial charge in [-0.25, -0.2) is 4.98 Å². The molecule has 0 saturated heterocycles. The molecule has 0 aliphatic heterocycles. The molecule has 0 radical (unpaired) electrons. The summed E-state index contributed by atoms with van der Waals surface area (Å²) in [6.07, 6.45) is 1.67. The van der Waals surface area contributed by atoms with E-state index in [2.05, 4.69) is 10.3 Å². The van der Waals surface area contributed by atoms with Gasteiger partial charge in [0, 0.05) is 18.1 Å². The summed E-state index contributed by atoms with van der Waals surface area (Å²) in [4.78, 5) is 4.16. The molecule has 0 amide bonds. The number of rotatable bonds is 4. The molecule has 2 aromatic rings. The highest BCUT2D eigenvalue weighted by Crippen LogP contribution is 2.18. The fourth-order valence-corrected chi connectivity index (χ4v) is 2.44. The van der Waals surface area contributed by atoms with E-state index in [1.807, 2.05) is 24.3 Å². The van der Waals surface area contributed by atoms with Gasteiger partial charge in [-0.2, -0.15) is 0 Å². The Bertz CT molecular complexity index is 471. The van der Waals surface area contributed by atoms with Gasteiger partial charge < -0.3 is 5.32 Å². The first-order chi connectivity index (χ1) is 7.75. The number of halogens is 2. The van der Waals surface area contributed by atoms with E-state index in [0.29, 0.717) is 6.54 Å². The van der Waals surface area contributed by atoms with Gasteiger partial charge in [-0.05, 0) is 11.6 Å². The number of nitrogens with one attached hydrogen (secondary N) is 1. The van der Waals surface area contributed by atoms with Crippen molar-refractivity contribution in [3.8, 4) is 0 Å². The molecule has 0 unspecified atom stereocenters. The zero-order chi connectivity index (χ0) is 11.4. The number of hydrogen-bond donors (Lipinski definition) is 1. The fourth-order valence-electron chi connectivity index (χ4n) is 1.32. The normalized spacial score (nSPS) is 10.6. The Balaban J connectivity index is 1.87. The van der Waals surface area contributed by atoms with Gasteiger partial charge >= 0.3 is 0 Å². The third-order valence-electron chi connectivity index (χ3n) is 2.07. The minimum Gasteiger partial charge on any atom is -0.306 e. The minimum atomic E-state index is 0.711. The summed E-state index contributed by atoms with van der Waals surface area (Å²) in [6.45, 7) is 1.44. The standard InChI is InChI=1S/C11H10Cl2N2S/c12-9-4-2-1-3-8(9)5-14-7-11-15-6-10(13)16-11/h1-4,6,14H,5,7H2. The van der Waals surface area contributed by atoms with Crippen LogP contribution in [0.1, 0.15) is 10.6 Å². The van der Waals surface area contributed by atoms with Crippen molar-refractivity contribution >= 4 is 34.5 Å². The van der Waals surface area contributed by atoms with E-state index in [1.54, 1.807) is 6.20 Å². The van der Waals surface area contributed by atoms with Crippen LogP contribution < -0.4 is 5.32 Å². The first-order valence-corrected chi connectivity index (χ1v) is 6.37. The van der Waals surface area contributed by atoms with Gasteiger partial charge in [0.15, 0.2) is 0 Å². The SMILES string of the molecule is Clc1cnc(CNCc2ccccc2Cl)s1. The molecular formula is C11H10Cl2N2S. The molecule has 0 spiro atoms. The maximum absolute atomic E-state index is 6.04. The summed E-state index contributed by atoms with van der Waals surface area (Å²) in [6, 6.07) is 7.79. The van der Waals surface area contributed by atoms with Gasteiger partial charge in [0.05, 0.1) is 6.20 Å².